The van der Waals surface area contributed by atoms with E-state index in [0.29, 0.717) is 5.82 Å². The second-order valence-electron chi connectivity index (χ2n) is 18.7. The summed E-state index contributed by atoms with van der Waals surface area (Å²) in [5, 5.41) is 1.17. The minimum atomic E-state index is -0.386. The van der Waals surface area contributed by atoms with Crippen LogP contribution in [0.5, 0.6) is 5.75 Å². The van der Waals surface area contributed by atoms with Crippen molar-refractivity contribution in [1.29, 1.82) is 0 Å². The first kappa shape index (κ1) is 39.3. The molecule has 0 bridgehead atoms. The topological polar surface area (TPSA) is 48.2 Å². The van der Waals surface area contributed by atoms with Crippen molar-refractivity contribution in [2.75, 3.05) is 0 Å². The Kier molecular flexibility index (Phi) is 9.34. The molecule has 4 heteroatoms. The van der Waals surface area contributed by atoms with Crippen LogP contribution in [-0.4, -0.2) is 16.1 Å². The smallest absolute Gasteiger partial charge is 0.160 e. The van der Waals surface area contributed by atoms with Crippen molar-refractivity contribution >= 4 is 16.5 Å². The van der Waals surface area contributed by atoms with Gasteiger partial charge in [-0.3, -0.25) is 0 Å². The molecule has 4 aliphatic rings. The Morgan fingerprint density at radius 1 is 0.677 bits per heavy atom. The molecule has 4 nitrogen and oxygen atoms in total. The van der Waals surface area contributed by atoms with Gasteiger partial charge in [0, 0.05) is 27.6 Å². The van der Waals surface area contributed by atoms with Gasteiger partial charge in [-0.15, -0.1) is 0 Å². The fourth-order valence-corrected chi connectivity index (χ4v) is 11.3. The Bertz CT molecular complexity index is 3300. The molecule has 0 saturated carbocycles. The van der Waals surface area contributed by atoms with Gasteiger partial charge >= 0.3 is 0 Å². The van der Waals surface area contributed by atoms with Gasteiger partial charge in [-0.05, 0) is 114 Å². The molecule has 3 heterocycles. The van der Waals surface area contributed by atoms with E-state index in [1.165, 1.54) is 55.5 Å². The van der Waals surface area contributed by atoms with Crippen LogP contribution in [0.15, 0.2) is 198 Å². The van der Waals surface area contributed by atoms with Crippen LogP contribution >= 0.6 is 0 Å². The molecule has 3 aliphatic carbocycles. The predicted molar refractivity (Wildman–Crippen MR) is 266 cm³/mol. The lowest BCUT2D eigenvalue weighted by Gasteiger charge is -2.42. The molecule has 2 aromatic heterocycles. The fraction of sp³-hybridized carbons (Fsp3) is 0.180. The second-order valence-corrected chi connectivity index (χ2v) is 18.7. The molecular formula is C61H50N2O2. The molecule has 0 N–H and O–H groups in total. The number of ether oxygens (including phenoxy) is 1. The lowest BCUT2D eigenvalue weighted by molar-refractivity contribution is 0.228. The first-order valence-electron chi connectivity index (χ1n) is 23.2. The molecule has 0 radical (unpaired) electrons. The summed E-state index contributed by atoms with van der Waals surface area (Å²) < 4.78 is 13.7. The van der Waals surface area contributed by atoms with Crippen LogP contribution in [0.3, 0.4) is 0 Å². The summed E-state index contributed by atoms with van der Waals surface area (Å²) >= 11 is 0. The molecule has 6 aromatic carbocycles. The van der Waals surface area contributed by atoms with Gasteiger partial charge in [-0.1, -0.05) is 171 Å². The van der Waals surface area contributed by atoms with Crippen LogP contribution in [0.4, 0.5) is 0 Å². The van der Waals surface area contributed by atoms with Crippen LogP contribution in [0.2, 0.25) is 0 Å². The molecule has 1 aliphatic heterocycles. The quantitative estimate of drug-likeness (QED) is 0.153. The van der Waals surface area contributed by atoms with Crippen molar-refractivity contribution in [1.82, 2.24) is 9.97 Å². The largest absolute Gasteiger partial charge is 0.485 e. The first-order valence-corrected chi connectivity index (χ1v) is 23.2. The highest BCUT2D eigenvalue weighted by Gasteiger charge is 2.47. The zero-order chi connectivity index (χ0) is 43.7. The molecular weight excluding hydrogens is 793 g/mol. The number of benzene rings is 6. The summed E-state index contributed by atoms with van der Waals surface area (Å²) in [6, 6.07) is 54.4. The average Bonchev–Trinajstić information content (AvgIpc) is 3.90. The Morgan fingerprint density at radius 2 is 1.42 bits per heavy atom. The maximum Gasteiger partial charge on any atom is 0.160 e. The Balaban J connectivity index is 1.03. The van der Waals surface area contributed by atoms with Crippen molar-refractivity contribution < 1.29 is 9.15 Å². The second kappa shape index (κ2) is 15.5. The number of aromatic nitrogens is 2. The van der Waals surface area contributed by atoms with E-state index >= 15 is 0 Å². The number of nitrogens with zero attached hydrogens (tertiary/aromatic N) is 2. The van der Waals surface area contributed by atoms with Crippen LogP contribution in [0.25, 0.3) is 72.6 Å². The molecule has 3 unspecified atom stereocenters. The number of hydrogen-bond acceptors (Lipinski definition) is 4. The number of para-hydroxylation sites is 1. The summed E-state index contributed by atoms with van der Waals surface area (Å²) in [5.74, 6) is 3.00. The van der Waals surface area contributed by atoms with E-state index in [9.17, 15) is 0 Å². The molecule has 0 saturated heterocycles. The lowest BCUT2D eigenvalue weighted by Crippen LogP contribution is -2.36. The average molecular weight is 843 g/mol. The van der Waals surface area contributed by atoms with E-state index < -0.39 is 0 Å². The molecule has 316 valence electrons. The number of furan rings is 1. The number of allylic oxidation sites excluding steroid dienone is 6. The van der Waals surface area contributed by atoms with Gasteiger partial charge < -0.3 is 9.15 Å². The highest BCUT2D eigenvalue weighted by molar-refractivity contribution is 6.00. The standard InChI is InChI=1S/C61H50N2O2/c1-4-30-61(38-50-47(43-22-15-21-42(34-43)40-17-7-5-8-18-40)24-16-25-48(50)57-49-23-11-12-26-54(49)65-58(57)61)46-33-39(2)32-45(35-46)53-37-52(62-59(63-53)41-19-9-6-10-20-41)44-28-29-55-51(36-44)60(3)31-14-13-27-56(60)64-55/h5-29,31-32,34-37,39,56H,4,30,33,38H2,1-3H3/t39?,56?,60?,61-/m1/s1. The summed E-state index contributed by atoms with van der Waals surface area (Å²) in [6.07, 6.45) is 17.2. The van der Waals surface area contributed by atoms with E-state index in [1.807, 2.05) is 6.07 Å². The van der Waals surface area contributed by atoms with Crippen LogP contribution in [0.1, 0.15) is 62.6 Å². The van der Waals surface area contributed by atoms with Gasteiger partial charge in [0.15, 0.2) is 5.82 Å². The summed E-state index contributed by atoms with van der Waals surface area (Å²) in [7, 11) is 0. The SMILES string of the molecule is CCC[C@]1(C2=CC(c3cc(-c4ccc5c(c4)C4(C)C=CC=CC4O5)nc(-c4ccccc4)n3)=CC(C)C2)Cc2c(-c3cccc(-c4ccccc4)c3)cccc2-c2c1oc1ccccc21. The predicted octanol–water partition coefficient (Wildman–Crippen LogP) is 15.3. The van der Waals surface area contributed by atoms with Gasteiger partial charge in [0.25, 0.3) is 0 Å². The molecule has 12 rings (SSSR count). The van der Waals surface area contributed by atoms with Gasteiger partial charge in [0.1, 0.15) is 23.2 Å². The minimum Gasteiger partial charge on any atom is -0.485 e. The zero-order valence-electron chi connectivity index (χ0n) is 37.1. The molecule has 0 spiro atoms. The third-order valence-electron chi connectivity index (χ3n) is 14.5. The van der Waals surface area contributed by atoms with E-state index in [1.54, 1.807) is 0 Å². The number of hydrogen-bond donors (Lipinski definition) is 0. The maximum absolute atomic E-state index is 7.20. The van der Waals surface area contributed by atoms with Crippen molar-refractivity contribution in [3.63, 3.8) is 0 Å². The van der Waals surface area contributed by atoms with E-state index in [2.05, 4.69) is 203 Å². The normalized spacial score (nSPS) is 21.5. The van der Waals surface area contributed by atoms with Crippen LogP contribution in [-0.2, 0) is 17.3 Å². The summed E-state index contributed by atoms with van der Waals surface area (Å²) in [4.78, 5) is 10.7. The minimum absolute atomic E-state index is 0.0268. The third-order valence-corrected chi connectivity index (χ3v) is 14.5. The molecule has 0 fully saturated rings. The summed E-state index contributed by atoms with van der Waals surface area (Å²) in [6.45, 7) is 6.95. The zero-order valence-corrected chi connectivity index (χ0v) is 37.1. The molecule has 4 atom stereocenters. The van der Waals surface area contributed by atoms with Crippen molar-refractivity contribution in [2.24, 2.45) is 5.92 Å². The van der Waals surface area contributed by atoms with E-state index in [-0.39, 0.29) is 22.9 Å². The highest BCUT2D eigenvalue weighted by atomic mass is 16.5. The maximum atomic E-state index is 7.20. The first-order chi connectivity index (χ1) is 31.9. The highest BCUT2D eigenvalue weighted by Crippen LogP contribution is 2.57. The van der Waals surface area contributed by atoms with Gasteiger partial charge in [0.2, 0.25) is 0 Å². The molecule has 0 amide bonds. The van der Waals surface area contributed by atoms with E-state index in [0.717, 1.165) is 70.9 Å². The van der Waals surface area contributed by atoms with Crippen molar-refractivity contribution in [3.8, 4) is 61.8 Å². The van der Waals surface area contributed by atoms with Gasteiger partial charge in [-0.25, -0.2) is 9.97 Å². The van der Waals surface area contributed by atoms with Gasteiger partial charge in [0.05, 0.1) is 22.2 Å². The Labute approximate surface area is 381 Å². The van der Waals surface area contributed by atoms with E-state index in [4.69, 9.17) is 19.1 Å². The Morgan fingerprint density at radius 3 is 2.26 bits per heavy atom. The lowest BCUT2D eigenvalue weighted by atomic mass is 9.61. The van der Waals surface area contributed by atoms with Gasteiger partial charge in [-0.2, -0.15) is 0 Å². The fourth-order valence-electron chi connectivity index (χ4n) is 11.3. The van der Waals surface area contributed by atoms with Crippen molar-refractivity contribution in [3.05, 3.63) is 216 Å². The van der Waals surface area contributed by atoms with Crippen LogP contribution < -0.4 is 4.74 Å². The Hall–Kier alpha value is -7.30. The number of fused-ring (bicyclic) bond motifs is 8. The summed E-state index contributed by atoms with van der Waals surface area (Å²) in [5.41, 5.74) is 16.7. The van der Waals surface area contributed by atoms with Crippen molar-refractivity contribution in [2.45, 2.75) is 63.4 Å². The monoisotopic (exact) mass is 842 g/mol. The molecule has 8 aromatic rings. The number of rotatable bonds is 8. The van der Waals surface area contributed by atoms with Crippen LogP contribution in [0, 0.1) is 5.92 Å². The molecule has 65 heavy (non-hydrogen) atoms. The third kappa shape index (κ3) is 6.49.